The number of fused-ring (bicyclic) bond motifs is 1. The summed E-state index contributed by atoms with van der Waals surface area (Å²) in [5.74, 6) is -0.232. The van der Waals surface area contributed by atoms with Crippen molar-refractivity contribution >= 4 is 28.3 Å². The van der Waals surface area contributed by atoms with E-state index >= 15 is 0 Å². The van der Waals surface area contributed by atoms with Crippen LogP contribution in [0.3, 0.4) is 0 Å². The third kappa shape index (κ3) is 2.13. The van der Waals surface area contributed by atoms with Crippen molar-refractivity contribution in [3.63, 3.8) is 0 Å². The molecule has 0 aliphatic carbocycles. The predicted octanol–water partition coefficient (Wildman–Crippen LogP) is 3.89. The van der Waals surface area contributed by atoms with Crippen LogP contribution in [-0.2, 0) is 0 Å². The molecule has 1 heterocycles. The number of aliphatic hydroxyl groups excluding tert-OH is 1. The Morgan fingerprint density at radius 2 is 2.00 bits per heavy atom. The van der Waals surface area contributed by atoms with Gasteiger partial charge < -0.3 is 15.3 Å². The van der Waals surface area contributed by atoms with Crippen LogP contribution in [0.5, 0.6) is 0 Å². The average Bonchev–Trinajstić information content (AvgIpc) is 2.83. The summed E-state index contributed by atoms with van der Waals surface area (Å²) in [5.41, 5.74) is 6.76. The normalized spacial score (nSPS) is 12.8. The third-order valence-electron chi connectivity index (χ3n) is 3.13. The lowest BCUT2D eigenvalue weighted by Crippen LogP contribution is -2.02. The molecule has 102 valence electrons. The van der Waals surface area contributed by atoms with Crippen molar-refractivity contribution in [2.24, 2.45) is 0 Å². The first kappa shape index (κ1) is 13.0. The maximum Gasteiger partial charge on any atom is 0.170 e. The van der Waals surface area contributed by atoms with Gasteiger partial charge in [0.1, 0.15) is 11.9 Å². The fourth-order valence-corrected chi connectivity index (χ4v) is 2.31. The molecule has 0 amide bonds. The predicted molar refractivity (Wildman–Crippen MR) is 76.1 cm³/mol. The molecular formula is C15H11ClFNO2. The molecule has 0 saturated heterocycles. The van der Waals surface area contributed by atoms with Crippen LogP contribution in [0.4, 0.5) is 10.1 Å². The Morgan fingerprint density at radius 3 is 2.70 bits per heavy atom. The molecule has 3 nitrogen and oxygen atoms in total. The number of hydrogen-bond acceptors (Lipinski definition) is 3. The zero-order valence-electron chi connectivity index (χ0n) is 10.3. The lowest BCUT2D eigenvalue weighted by Gasteiger charge is -2.11. The smallest absolute Gasteiger partial charge is 0.170 e. The second-order valence-electron chi connectivity index (χ2n) is 4.48. The molecule has 0 saturated carbocycles. The first-order chi connectivity index (χ1) is 9.56. The summed E-state index contributed by atoms with van der Waals surface area (Å²) in [4.78, 5) is 0. The van der Waals surface area contributed by atoms with E-state index in [9.17, 15) is 9.50 Å². The van der Waals surface area contributed by atoms with Crippen LogP contribution in [0.15, 0.2) is 46.9 Å². The van der Waals surface area contributed by atoms with Gasteiger partial charge in [0.2, 0.25) is 0 Å². The van der Waals surface area contributed by atoms with Crippen LogP contribution in [0.2, 0.25) is 5.02 Å². The van der Waals surface area contributed by atoms with Crippen molar-refractivity contribution in [1.82, 2.24) is 0 Å². The van der Waals surface area contributed by atoms with Gasteiger partial charge in [0, 0.05) is 21.7 Å². The van der Waals surface area contributed by atoms with Gasteiger partial charge in [-0.15, -0.1) is 0 Å². The van der Waals surface area contributed by atoms with E-state index in [-0.39, 0.29) is 11.3 Å². The molecule has 20 heavy (non-hydrogen) atoms. The number of anilines is 1. The van der Waals surface area contributed by atoms with E-state index in [0.717, 1.165) is 0 Å². The Hall–Kier alpha value is -2.04. The van der Waals surface area contributed by atoms with Crippen molar-refractivity contribution in [1.29, 1.82) is 0 Å². The zero-order valence-corrected chi connectivity index (χ0v) is 11.1. The lowest BCUT2D eigenvalue weighted by atomic mass is 10.1. The Morgan fingerprint density at radius 1 is 1.20 bits per heavy atom. The highest BCUT2D eigenvalue weighted by atomic mass is 35.5. The van der Waals surface area contributed by atoms with E-state index in [1.807, 2.05) is 0 Å². The Balaban J connectivity index is 2.08. The fourth-order valence-electron chi connectivity index (χ4n) is 2.13. The minimum absolute atomic E-state index is 0.120. The molecule has 2 aromatic carbocycles. The molecule has 0 bridgehead atoms. The van der Waals surface area contributed by atoms with Gasteiger partial charge in [0.05, 0.1) is 0 Å². The van der Waals surface area contributed by atoms with Gasteiger partial charge in [-0.2, -0.15) is 0 Å². The molecule has 3 aromatic rings. The Kier molecular flexibility index (Phi) is 3.12. The highest BCUT2D eigenvalue weighted by Crippen LogP contribution is 2.32. The van der Waals surface area contributed by atoms with Gasteiger partial charge in [0.15, 0.2) is 11.4 Å². The van der Waals surface area contributed by atoms with E-state index in [0.29, 0.717) is 21.7 Å². The average molecular weight is 292 g/mol. The van der Waals surface area contributed by atoms with E-state index in [2.05, 4.69) is 0 Å². The van der Waals surface area contributed by atoms with Crippen LogP contribution in [-0.4, -0.2) is 5.11 Å². The van der Waals surface area contributed by atoms with Crippen LogP contribution in [0.1, 0.15) is 17.4 Å². The number of para-hydroxylation sites is 1. The highest BCUT2D eigenvalue weighted by Gasteiger charge is 2.19. The lowest BCUT2D eigenvalue weighted by molar-refractivity contribution is 0.192. The van der Waals surface area contributed by atoms with Gasteiger partial charge in [-0.25, -0.2) is 4.39 Å². The Labute approximate surface area is 119 Å². The number of benzene rings is 2. The molecule has 5 heteroatoms. The molecule has 0 spiro atoms. The molecule has 0 aliphatic rings. The topological polar surface area (TPSA) is 59.4 Å². The fraction of sp³-hybridized carbons (Fsp3) is 0.0667. The van der Waals surface area contributed by atoms with Crippen molar-refractivity contribution in [3.05, 3.63) is 64.6 Å². The standard InChI is InChI=1S/C15H11ClFNO2/c16-9-4-5-10(12(18)7-9)14(19)13-6-8-2-1-3-11(17)15(8)20-13/h1-7,14,19H,18H2. The summed E-state index contributed by atoms with van der Waals surface area (Å²) in [6, 6.07) is 11.0. The molecule has 1 atom stereocenters. The van der Waals surface area contributed by atoms with Crippen molar-refractivity contribution in [3.8, 4) is 0 Å². The van der Waals surface area contributed by atoms with Gasteiger partial charge in [-0.1, -0.05) is 29.8 Å². The highest BCUT2D eigenvalue weighted by molar-refractivity contribution is 6.30. The van der Waals surface area contributed by atoms with Crippen molar-refractivity contribution in [2.75, 3.05) is 5.73 Å². The summed E-state index contributed by atoms with van der Waals surface area (Å²) in [6.45, 7) is 0. The summed E-state index contributed by atoms with van der Waals surface area (Å²) in [7, 11) is 0. The van der Waals surface area contributed by atoms with Crippen LogP contribution >= 0.6 is 11.6 Å². The van der Waals surface area contributed by atoms with Gasteiger partial charge in [-0.3, -0.25) is 0 Å². The van der Waals surface area contributed by atoms with Gasteiger partial charge in [0.25, 0.3) is 0 Å². The third-order valence-corrected chi connectivity index (χ3v) is 3.36. The molecule has 3 N–H and O–H groups in total. The number of nitrogens with two attached hydrogens (primary N) is 1. The molecular weight excluding hydrogens is 281 g/mol. The second-order valence-corrected chi connectivity index (χ2v) is 4.92. The summed E-state index contributed by atoms with van der Waals surface area (Å²) in [5, 5.41) is 11.4. The van der Waals surface area contributed by atoms with Crippen LogP contribution < -0.4 is 5.73 Å². The molecule has 1 unspecified atom stereocenters. The Bertz CT molecular complexity index is 785. The van der Waals surface area contributed by atoms with Crippen molar-refractivity contribution in [2.45, 2.75) is 6.10 Å². The maximum atomic E-state index is 13.6. The van der Waals surface area contributed by atoms with Gasteiger partial charge >= 0.3 is 0 Å². The number of nitrogen functional groups attached to an aromatic ring is 1. The largest absolute Gasteiger partial charge is 0.455 e. The SMILES string of the molecule is Nc1cc(Cl)ccc1C(O)c1cc2cccc(F)c2o1. The summed E-state index contributed by atoms with van der Waals surface area (Å²) in [6.07, 6.45) is -1.07. The van der Waals surface area contributed by atoms with E-state index < -0.39 is 11.9 Å². The molecule has 3 rings (SSSR count). The first-order valence-electron chi connectivity index (χ1n) is 5.97. The molecule has 0 aliphatic heterocycles. The molecule has 0 radical (unpaired) electrons. The monoisotopic (exact) mass is 291 g/mol. The van der Waals surface area contributed by atoms with Gasteiger partial charge in [-0.05, 0) is 24.3 Å². The quantitative estimate of drug-likeness (QED) is 0.704. The number of halogens is 2. The zero-order chi connectivity index (χ0) is 14.3. The minimum atomic E-state index is -1.07. The number of furan rings is 1. The molecule has 1 aromatic heterocycles. The second kappa shape index (κ2) is 4.81. The van der Waals surface area contributed by atoms with Crippen LogP contribution in [0.25, 0.3) is 11.0 Å². The van der Waals surface area contributed by atoms with Crippen molar-refractivity contribution < 1.29 is 13.9 Å². The first-order valence-corrected chi connectivity index (χ1v) is 6.35. The number of rotatable bonds is 2. The maximum absolute atomic E-state index is 13.6. The van der Waals surface area contributed by atoms with E-state index in [1.165, 1.54) is 6.07 Å². The number of hydrogen-bond donors (Lipinski definition) is 2. The molecule has 0 fully saturated rings. The minimum Gasteiger partial charge on any atom is -0.455 e. The summed E-state index contributed by atoms with van der Waals surface area (Å²) >= 11 is 5.82. The summed E-state index contributed by atoms with van der Waals surface area (Å²) < 4.78 is 19.0. The van der Waals surface area contributed by atoms with E-state index in [4.69, 9.17) is 21.8 Å². The van der Waals surface area contributed by atoms with E-state index in [1.54, 1.807) is 36.4 Å². The number of aliphatic hydroxyl groups is 1. The van der Waals surface area contributed by atoms with Crippen LogP contribution in [0, 0.1) is 5.82 Å².